The lowest BCUT2D eigenvalue weighted by molar-refractivity contribution is -0.142. The first-order valence-electron chi connectivity index (χ1n) is 9.87. The molecule has 6 unspecified atom stereocenters. The second kappa shape index (κ2) is 12.0. The summed E-state index contributed by atoms with van der Waals surface area (Å²) in [5.74, 6) is -3.88. The summed E-state index contributed by atoms with van der Waals surface area (Å²) in [5.41, 5.74) is 6.06. The molecule has 1 rings (SSSR count). The molecule has 178 valence electrons. The molecule has 0 saturated heterocycles. The lowest BCUT2D eigenvalue weighted by Crippen LogP contribution is -2.60. The summed E-state index contributed by atoms with van der Waals surface area (Å²) in [7, 11) is 0. The minimum Gasteiger partial charge on any atom is -0.508 e. The molecule has 0 aliphatic heterocycles. The first kappa shape index (κ1) is 26.8. The van der Waals surface area contributed by atoms with Crippen molar-refractivity contribution in [2.24, 2.45) is 5.73 Å². The fraction of sp³-hybridized carbons (Fsp3) is 0.500. The Bertz CT molecular complexity index is 812. The van der Waals surface area contributed by atoms with E-state index in [1.165, 1.54) is 45.0 Å². The van der Waals surface area contributed by atoms with E-state index >= 15 is 0 Å². The minimum atomic E-state index is -1.46. The Labute approximate surface area is 184 Å². The molecule has 6 atom stereocenters. The van der Waals surface area contributed by atoms with Gasteiger partial charge in [-0.25, -0.2) is 4.79 Å². The normalized spacial score (nSPS) is 16.6. The molecule has 0 aromatic heterocycles. The second-order valence-corrected chi connectivity index (χ2v) is 7.49. The number of carbonyl (C=O) groups excluding carboxylic acids is 3. The van der Waals surface area contributed by atoms with E-state index in [4.69, 9.17) is 5.73 Å². The SMILES string of the molecule is CC(NC(=O)C(NC(=O)C(N)C(C)O)C(C)O)C(=O)NC(Cc1ccc(O)cc1)C(=O)O. The summed E-state index contributed by atoms with van der Waals surface area (Å²) in [6, 6.07) is 0.485. The highest BCUT2D eigenvalue weighted by molar-refractivity contribution is 5.94. The van der Waals surface area contributed by atoms with Crippen molar-refractivity contribution in [3.05, 3.63) is 29.8 Å². The van der Waals surface area contributed by atoms with Gasteiger partial charge in [0.25, 0.3) is 0 Å². The largest absolute Gasteiger partial charge is 0.508 e. The van der Waals surface area contributed by atoms with Crippen LogP contribution in [-0.4, -0.2) is 80.5 Å². The number of benzene rings is 1. The van der Waals surface area contributed by atoms with Crippen molar-refractivity contribution in [3.63, 3.8) is 0 Å². The monoisotopic (exact) mass is 454 g/mol. The maximum Gasteiger partial charge on any atom is 0.326 e. The van der Waals surface area contributed by atoms with Gasteiger partial charge in [-0.05, 0) is 38.5 Å². The highest BCUT2D eigenvalue weighted by Gasteiger charge is 2.31. The van der Waals surface area contributed by atoms with Crippen molar-refractivity contribution >= 4 is 23.7 Å². The van der Waals surface area contributed by atoms with Gasteiger partial charge >= 0.3 is 5.97 Å². The third-order valence-corrected chi connectivity index (χ3v) is 4.63. The second-order valence-electron chi connectivity index (χ2n) is 7.49. The van der Waals surface area contributed by atoms with Gasteiger partial charge in [0.05, 0.1) is 12.2 Å². The molecule has 0 radical (unpaired) electrons. The predicted octanol–water partition coefficient (Wildman–Crippen LogP) is -2.42. The number of aliphatic hydroxyl groups excluding tert-OH is 2. The molecule has 0 aliphatic carbocycles. The van der Waals surface area contributed by atoms with E-state index in [2.05, 4.69) is 16.0 Å². The van der Waals surface area contributed by atoms with Crippen LogP contribution in [0.5, 0.6) is 5.75 Å². The number of aliphatic hydroxyl groups is 2. The Balaban J connectivity index is 2.77. The Morgan fingerprint density at radius 1 is 0.875 bits per heavy atom. The van der Waals surface area contributed by atoms with Gasteiger partial charge < -0.3 is 42.1 Å². The van der Waals surface area contributed by atoms with Crippen molar-refractivity contribution in [3.8, 4) is 5.75 Å². The molecule has 0 spiro atoms. The first-order valence-corrected chi connectivity index (χ1v) is 9.87. The molecule has 0 aliphatic rings. The third-order valence-electron chi connectivity index (χ3n) is 4.63. The zero-order valence-corrected chi connectivity index (χ0v) is 18.0. The van der Waals surface area contributed by atoms with Gasteiger partial charge in [0.2, 0.25) is 17.7 Å². The van der Waals surface area contributed by atoms with Crippen LogP contribution in [0, 0.1) is 0 Å². The van der Waals surface area contributed by atoms with Gasteiger partial charge in [0, 0.05) is 6.42 Å². The number of carbonyl (C=O) groups is 4. The standard InChI is InChI=1S/C20H30N4O8/c1-9(22-19(30)16(11(3)26)24-18(29)15(21)10(2)25)17(28)23-14(20(31)32)8-12-4-6-13(27)7-5-12/h4-7,9-11,14-16,25-27H,8,21H2,1-3H3,(H,22,30)(H,23,28)(H,24,29)(H,31,32). The van der Waals surface area contributed by atoms with Gasteiger partial charge in [-0.2, -0.15) is 0 Å². The number of rotatable bonds is 11. The van der Waals surface area contributed by atoms with E-state index in [-0.39, 0.29) is 12.2 Å². The van der Waals surface area contributed by atoms with Crippen LogP contribution in [0.1, 0.15) is 26.3 Å². The van der Waals surface area contributed by atoms with Crippen molar-refractivity contribution in [2.45, 2.75) is 63.6 Å². The summed E-state index contributed by atoms with van der Waals surface area (Å²) in [6.07, 6.45) is -2.61. The number of nitrogens with one attached hydrogen (secondary N) is 3. The molecule has 0 saturated carbocycles. The molecule has 0 fully saturated rings. The van der Waals surface area contributed by atoms with Crippen molar-refractivity contribution in [2.75, 3.05) is 0 Å². The zero-order chi connectivity index (χ0) is 24.6. The average molecular weight is 454 g/mol. The number of phenols is 1. The number of amides is 3. The van der Waals surface area contributed by atoms with Gasteiger partial charge in [0.1, 0.15) is 29.9 Å². The molecule has 0 bridgehead atoms. The number of carboxylic acids is 1. The van der Waals surface area contributed by atoms with Crippen LogP contribution in [0.3, 0.4) is 0 Å². The third kappa shape index (κ3) is 8.13. The molecule has 1 aromatic carbocycles. The molecular weight excluding hydrogens is 424 g/mol. The van der Waals surface area contributed by atoms with Crippen LogP contribution in [0.2, 0.25) is 0 Å². The summed E-state index contributed by atoms with van der Waals surface area (Å²) < 4.78 is 0. The van der Waals surface area contributed by atoms with Gasteiger partial charge in [-0.1, -0.05) is 12.1 Å². The smallest absolute Gasteiger partial charge is 0.326 e. The highest BCUT2D eigenvalue weighted by atomic mass is 16.4. The molecule has 1 aromatic rings. The Kier molecular flexibility index (Phi) is 10.0. The maximum absolute atomic E-state index is 12.5. The quantitative estimate of drug-likeness (QED) is 0.178. The number of aliphatic carboxylic acids is 1. The summed E-state index contributed by atoms with van der Waals surface area (Å²) >= 11 is 0. The lowest BCUT2D eigenvalue weighted by atomic mass is 10.1. The molecule has 0 heterocycles. The van der Waals surface area contributed by atoms with Crippen molar-refractivity contribution < 1.29 is 39.6 Å². The molecule has 9 N–H and O–H groups in total. The summed E-state index contributed by atoms with van der Waals surface area (Å²) in [6.45, 7) is 3.82. The molecule has 3 amide bonds. The summed E-state index contributed by atoms with van der Waals surface area (Å²) in [5, 5.41) is 44.7. The molecule has 12 heteroatoms. The number of phenolic OH excluding ortho intramolecular Hbond substituents is 1. The lowest BCUT2D eigenvalue weighted by Gasteiger charge is -2.25. The summed E-state index contributed by atoms with van der Waals surface area (Å²) in [4.78, 5) is 48.4. The van der Waals surface area contributed by atoms with Gasteiger partial charge in [0.15, 0.2) is 0 Å². The van der Waals surface area contributed by atoms with Gasteiger partial charge in [-0.3, -0.25) is 14.4 Å². The Morgan fingerprint density at radius 2 is 1.44 bits per heavy atom. The topological polar surface area (TPSA) is 211 Å². The van der Waals surface area contributed by atoms with Gasteiger partial charge in [-0.15, -0.1) is 0 Å². The first-order chi connectivity index (χ1) is 14.8. The number of aromatic hydroxyl groups is 1. The van der Waals surface area contributed by atoms with Crippen molar-refractivity contribution in [1.82, 2.24) is 16.0 Å². The maximum atomic E-state index is 12.5. The Hall–Kier alpha value is -3.22. The van der Waals surface area contributed by atoms with E-state index in [1.807, 2.05) is 0 Å². The average Bonchev–Trinajstić information content (AvgIpc) is 2.71. The van der Waals surface area contributed by atoms with Crippen LogP contribution in [0.4, 0.5) is 0 Å². The molecular formula is C20H30N4O8. The highest BCUT2D eigenvalue weighted by Crippen LogP contribution is 2.11. The zero-order valence-electron chi connectivity index (χ0n) is 18.0. The number of hydrogen-bond donors (Lipinski definition) is 8. The number of nitrogens with two attached hydrogens (primary N) is 1. The van der Waals surface area contributed by atoms with E-state index in [0.29, 0.717) is 5.56 Å². The van der Waals surface area contributed by atoms with E-state index < -0.39 is 60.1 Å². The van der Waals surface area contributed by atoms with Crippen molar-refractivity contribution in [1.29, 1.82) is 0 Å². The van der Waals surface area contributed by atoms with Crippen LogP contribution in [0.25, 0.3) is 0 Å². The minimum absolute atomic E-state index is 0.00940. The fourth-order valence-corrected chi connectivity index (χ4v) is 2.61. The van der Waals surface area contributed by atoms with E-state index in [0.717, 1.165) is 0 Å². The molecule has 32 heavy (non-hydrogen) atoms. The number of hydrogen-bond acceptors (Lipinski definition) is 8. The number of carboxylic acid groups (broad SMARTS) is 1. The van der Waals surface area contributed by atoms with E-state index in [1.54, 1.807) is 0 Å². The van der Waals surface area contributed by atoms with E-state index in [9.17, 15) is 39.6 Å². The van der Waals surface area contributed by atoms with Crippen LogP contribution >= 0.6 is 0 Å². The fourth-order valence-electron chi connectivity index (χ4n) is 2.61. The van der Waals surface area contributed by atoms with Crippen LogP contribution < -0.4 is 21.7 Å². The predicted molar refractivity (Wildman–Crippen MR) is 112 cm³/mol. The molecule has 12 nitrogen and oxygen atoms in total. The van der Waals surface area contributed by atoms with Crippen LogP contribution in [0.15, 0.2) is 24.3 Å². The Morgan fingerprint density at radius 3 is 1.91 bits per heavy atom. The van der Waals surface area contributed by atoms with Crippen LogP contribution in [-0.2, 0) is 25.6 Å².